The van der Waals surface area contributed by atoms with E-state index >= 15 is 0 Å². The molecule has 0 saturated carbocycles. The Labute approximate surface area is 139 Å². The van der Waals surface area contributed by atoms with Crippen molar-refractivity contribution in [2.75, 3.05) is 6.54 Å². The van der Waals surface area contributed by atoms with Gasteiger partial charge in [-0.2, -0.15) is 0 Å². The Bertz CT molecular complexity index is 579. The summed E-state index contributed by atoms with van der Waals surface area (Å²) in [5.74, 6) is 0.516. The molecule has 1 N–H and O–H groups in total. The van der Waals surface area contributed by atoms with Gasteiger partial charge < -0.3 is 5.32 Å². The highest BCUT2D eigenvalue weighted by Gasteiger charge is 2.18. The quantitative estimate of drug-likeness (QED) is 0.802. The van der Waals surface area contributed by atoms with Crippen LogP contribution < -0.4 is 5.32 Å². The third-order valence-electron chi connectivity index (χ3n) is 4.33. The standard InChI is InChI=1S/C20H26N2O/c1-3-16(4-2)20(23)22-15-18(17-10-6-5-7-11-17)14-19-12-8-9-13-21-19/h5-13,16,18H,3-4,14-15H2,1-2H3,(H,22,23). The first-order valence-electron chi connectivity index (χ1n) is 8.47. The Morgan fingerprint density at radius 1 is 1.04 bits per heavy atom. The molecule has 0 saturated heterocycles. The van der Waals surface area contributed by atoms with Crippen molar-refractivity contribution in [1.82, 2.24) is 10.3 Å². The molecular formula is C20H26N2O. The first-order valence-corrected chi connectivity index (χ1v) is 8.47. The molecule has 1 aromatic heterocycles. The monoisotopic (exact) mass is 310 g/mol. The molecule has 0 radical (unpaired) electrons. The molecule has 1 unspecified atom stereocenters. The van der Waals surface area contributed by atoms with Gasteiger partial charge in [0, 0.05) is 30.3 Å². The van der Waals surface area contributed by atoms with Crippen LogP contribution in [0.2, 0.25) is 0 Å². The second-order valence-electron chi connectivity index (χ2n) is 5.89. The number of aromatic nitrogens is 1. The Morgan fingerprint density at radius 3 is 2.35 bits per heavy atom. The number of carbonyl (C=O) groups is 1. The topological polar surface area (TPSA) is 42.0 Å². The Kier molecular flexibility index (Phi) is 6.79. The van der Waals surface area contributed by atoms with Crippen molar-refractivity contribution in [1.29, 1.82) is 0 Å². The number of nitrogens with zero attached hydrogens (tertiary/aromatic N) is 1. The molecule has 3 nitrogen and oxygen atoms in total. The first-order chi connectivity index (χ1) is 11.2. The molecule has 0 bridgehead atoms. The van der Waals surface area contributed by atoms with E-state index in [-0.39, 0.29) is 17.7 Å². The smallest absolute Gasteiger partial charge is 0.223 e. The van der Waals surface area contributed by atoms with Crippen molar-refractivity contribution < 1.29 is 4.79 Å². The number of carbonyl (C=O) groups excluding carboxylic acids is 1. The minimum Gasteiger partial charge on any atom is -0.355 e. The summed E-state index contributed by atoms with van der Waals surface area (Å²) >= 11 is 0. The lowest BCUT2D eigenvalue weighted by atomic mass is 9.93. The van der Waals surface area contributed by atoms with Crippen molar-refractivity contribution >= 4 is 5.91 Å². The molecule has 1 amide bonds. The lowest BCUT2D eigenvalue weighted by Crippen LogP contribution is -2.34. The Hall–Kier alpha value is -2.16. The molecular weight excluding hydrogens is 284 g/mol. The van der Waals surface area contributed by atoms with Crippen molar-refractivity contribution in [3.05, 3.63) is 66.0 Å². The molecule has 122 valence electrons. The van der Waals surface area contributed by atoms with Crippen LogP contribution in [0.25, 0.3) is 0 Å². The van der Waals surface area contributed by atoms with Crippen molar-refractivity contribution in [2.24, 2.45) is 5.92 Å². The van der Waals surface area contributed by atoms with E-state index in [2.05, 4.69) is 36.3 Å². The summed E-state index contributed by atoms with van der Waals surface area (Å²) in [6, 6.07) is 16.3. The van der Waals surface area contributed by atoms with Crippen LogP contribution in [0.3, 0.4) is 0 Å². The van der Waals surface area contributed by atoms with E-state index in [1.54, 1.807) is 0 Å². The van der Waals surface area contributed by atoms with Gasteiger partial charge in [-0.25, -0.2) is 0 Å². The number of benzene rings is 1. The van der Waals surface area contributed by atoms with Crippen molar-refractivity contribution in [3.63, 3.8) is 0 Å². The molecule has 1 atom stereocenters. The maximum Gasteiger partial charge on any atom is 0.223 e. The fourth-order valence-electron chi connectivity index (χ4n) is 2.83. The maximum atomic E-state index is 12.3. The van der Waals surface area contributed by atoms with Crippen LogP contribution in [0.1, 0.15) is 43.9 Å². The van der Waals surface area contributed by atoms with Crippen molar-refractivity contribution in [2.45, 2.75) is 39.0 Å². The molecule has 0 aliphatic rings. The van der Waals surface area contributed by atoms with Gasteiger partial charge >= 0.3 is 0 Å². The summed E-state index contributed by atoms with van der Waals surface area (Å²) in [5, 5.41) is 3.14. The predicted molar refractivity (Wildman–Crippen MR) is 94.2 cm³/mol. The zero-order valence-electron chi connectivity index (χ0n) is 14.0. The molecule has 3 heteroatoms. The third-order valence-corrected chi connectivity index (χ3v) is 4.33. The van der Waals surface area contributed by atoms with Gasteiger partial charge in [-0.05, 0) is 37.0 Å². The van der Waals surface area contributed by atoms with Gasteiger partial charge in [-0.15, -0.1) is 0 Å². The average Bonchev–Trinajstić information content (AvgIpc) is 2.61. The van der Waals surface area contributed by atoms with Gasteiger partial charge in [-0.1, -0.05) is 50.2 Å². The van der Waals surface area contributed by atoms with E-state index in [4.69, 9.17) is 0 Å². The lowest BCUT2D eigenvalue weighted by Gasteiger charge is -2.20. The van der Waals surface area contributed by atoms with Crippen molar-refractivity contribution in [3.8, 4) is 0 Å². The normalized spacial score (nSPS) is 12.1. The van der Waals surface area contributed by atoms with Crippen LogP contribution in [0.4, 0.5) is 0 Å². The maximum absolute atomic E-state index is 12.3. The Morgan fingerprint density at radius 2 is 1.74 bits per heavy atom. The fraction of sp³-hybridized carbons (Fsp3) is 0.400. The number of amides is 1. The molecule has 0 spiro atoms. The SMILES string of the molecule is CCC(CC)C(=O)NCC(Cc1ccccn1)c1ccccc1. The van der Waals surface area contributed by atoms with E-state index < -0.39 is 0 Å². The number of hydrogen-bond acceptors (Lipinski definition) is 2. The minimum atomic E-state index is 0.112. The van der Waals surface area contributed by atoms with E-state index in [1.807, 2.05) is 42.6 Å². The molecule has 2 rings (SSSR count). The van der Waals surface area contributed by atoms with Gasteiger partial charge in [0.2, 0.25) is 5.91 Å². The van der Waals surface area contributed by atoms with Gasteiger partial charge in [0.05, 0.1) is 0 Å². The van der Waals surface area contributed by atoms with E-state index in [9.17, 15) is 4.79 Å². The number of rotatable bonds is 8. The van der Waals surface area contributed by atoms with E-state index in [0.29, 0.717) is 6.54 Å². The van der Waals surface area contributed by atoms with Gasteiger partial charge in [-0.3, -0.25) is 9.78 Å². The summed E-state index contributed by atoms with van der Waals surface area (Å²) in [6.07, 6.45) is 4.42. The summed E-state index contributed by atoms with van der Waals surface area (Å²) in [6.45, 7) is 4.78. The highest BCUT2D eigenvalue weighted by molar-refractivity contribution is 5.78. The molecule has 1 heterocycles. The van der Waals surface area contributed by atoms with Gasteiger partial charge in [0.25, 0.3) is 0 Å². The second-order valence-corrected chi connectivity index (χ2v) is 5.89. The first kappa shape index (κ1) is 17.2. The molecule has 2 aromatic rings. The zero-order chi connectivity index (χ0) is 16.5. The number of nitrogens with one attached hydrogen (secondary N) is 1. The molecule has 23 heavy (non-hydrogen) atoms. The highest BCUT2D eigenvalue weighted by Crippen LogP contribution is 2.20. The summed E-state index contributed by atoms with van der Waals surface area (Å²) < 4.78 is 0. The molecule has 1 aromatic carbocycles. The van der Waals surface area contributed by atoms with Crippen LogP contribution in [-0.2, 0) is 11.2 Å². The average molecular weight is 310 g/mol. The van der Waals surface area contributed by atoms with E-state index in [0.717, 1.165) is 25.0 Å². The van der Waals surface area contributed by atoms with Crippen LogP contribution in [0.15, 0.2) is 54.7 Å². The summed E-state index contributed by atoms with van der Waals surface area (Å²) in [4.78, 5) is 16.7. The fourth-order valence-corrected chi connectivity index (χ4v) is 2.83. The van der Waals surface area contributed by atoms with Gasteiger partial charge in [0.15, 0.2) is 0 Å². The van der Waals surface area contributed by atoms with Gasteiger partial charge in [0.1, 0.15) is 0 Å². The van der Waals surface area contributed by atoms with Crippen LogP contribution in [-0.4, -0.2) is 17.4 Å². The molecule has 0 fully saturated rings. The van der Waals surface area contributed by atoms with Crippen LogP contribution in [0, 0.1) is 5.92 Å². The third kappa shape index (κ3) is 5.20. The largest absolute Gasteiger partial charge is 0.355 e. The second kappa shape index (κ2) is 9.09. The zero-order valence-corrected chi connectivity index (χ0v) is 14.0. The Balaban J connectivity index is 2.07. The number of pyridine rings is 1. The molecule has 0 aliphatic heterocycles. The summed E-state index contributed by atoms with van der Waals surface area (Å²) in [5.41, 5.74) is 2.29. The lowest BCUT2D eigenvalue weighted by molar-refractivity contribution is -0.125. The summed E-state index contributed by atoms with van der Waals surface area (Å²) in [7, 11) is 0. The number of hydrogen-bond donors (Lipinski definition) is 1. The highest BCUT2D eigenvalue weighted by atomic mass is 16.1. The molecule has 0 aliphatic carbocycles. The predicted octanol–water partition coefficient (Wildman–Crippen LogP) is 3.96. The van der Waals surface area contributed by atoms with Crippen LogP contribution >= 0.6 is 0 Å². The van der Waals surface area contributed by atoms with Crippen LogP contribution in [0.5, 0.6) is 0 Å². The minimum absolute atomic E-state index is 0.112. The van der Waals surface area contributed by atoms with E-state index in [1.165, 1.54) is 5.56 Å².